The number of benzene rings is 3. The summed E-state index contributed by atoms with van der Waals surface area (Å²) < 4.78 is 8.52. The van der Waals surface area contributed by atoms with Gasteiger partial charge in [0.05, 0.1) is 11.0 Å². The van der Waals surface area contributed by atoms with Crippen molar-refractivity contribution in [2.45, 2.75) is 45.4 Å². The van der Waals surface area contributed by atoms with Crippen LogP contribution in [0.1, 0.15) is 48.3 Å². The molecule has 1 saturated carbocycles. The van der Waals surface area contributed by atoms with E-state index in [2.05, 4.69) is 39.9 Å². The molecule has 38 heavy (non-hydrogen) atoms. The summed E-state index contributed by atoms with van der Waals surface area (Å²) in [5.41, 5.74) is 6.35. The van der Waals surface area contributed by atoms with Gasteiger partial charge in [0, 0.05) is 34.5 Å². The Morgan fingerprint density at radius 3 is 2.53 bits per heavy atom. The second kappa shape index (κ2) is 8.88. The average Bonchev–Trinajstić information content (AvgIpc) is 3.59. The highest BCUT2D eigenvalue weighted by Crippen LogP contribution is 2.43. The van der Waals surface area contributed by atoms with Gasteiger partial charge in [0.2, 0.25) is 5.88 Å². The summed E-state index contributed by atoms with van der Waals surface area (Å²) in [5, 5.41) is 14.0. The molecule has 1 aliphatic rings. The van der Waals surface area contributed by atoms with Gasteiger partial charge >= 0.3 is 0 Å². The zero-order chi connectivity index (χ0) is 25.8. The minimum Gasteiger partial charge on any atom is -0.506 e. The first-order valence-electron chi connectivity index (χ1n) is 13.3. The number of phenols is 1. The van der Waals surface area contributed by atoms with Crippen molar-refractivity contribution in [3.63, 3.8) is 0 Å². The molecule has 0 saturated heterocycles. The maximum absolute atomic E-state index is 10.5. The van der Waals surface area contributed by atoms with E-state index < -0.39 is 0 Å². The predicted octanol–water partition coefficient (Wildman–Crippen LogP) is 8.50. The molecule has 1 N–H and O–H groups in total. The summed E-state index contributed by atoms with van der Waals surface area (Å²) >= 11 is 0. The zero-order valence-corrected chi connectivity index (χ0v) is 21.6. The second-order valence-electron chi connectivity index (χ2n) is 10.4. The molecule has 0 radical (unpaired) electrons. The molecule has 0 amide bonds. The number of nitrogens with zero attached hydrogens (tertiary/aromatic N) is 3. The maximum atomic E-state index is 10.5. The predicted molar refractivity (Wildman–Crippen MR) is 153 cm³/mol. The van der Waals surface area contributed by atoms with Crippen molar-refractivity contribution in [2.24, 2.45) is 0 Å². The van der Waals surface area contributed by atoms with Crippen LogP contribution in [-0.2, 0) is 0 Å². The number of aryl methyl sites for hydroxylation is 2. The number of fused-ring (bicyclic) bond motifs is 4. The molecule has 0 atom stereocenters. The van der Waals surface area contributed by atoms with E-state index in [1.165, 1.54) is 47.5 Å². The van der Waals surface area contributed by atoms with E-state index in [1.54, 1.807) is 6.07 Å². The van der Waals surface area contributed by atoms with Gasteiger partial charge in [-0.15, -0.1) is 0 Å². The number of aromatic nitrogens is 3. The highest BCUT2D eigenvalue weighted by atomic mass is 16.5. The number of hydrogen-bond acceptors (Lipinski definition) is 4. The molecule has 0 spiro atoms. The monoisotopic (exact) mass is 499 g/mol. The Morgan fingerprint density at radius 1 is 0.868 bits per heavy atom. The van der Waals surface area contributed by atoms with Gasteiger partial charge in [-0.2, -0.15) is 0 Å². The lowest BCUT2D eigenvalue weighted by Crippen LogP contribution is -1.97. The van der Waals surface area contributed by atoms with Crippen LogP contribution in [0.25, 0.3) is 38.5 Å². The third-order valence-corrected chi connectivity index (χ3v) is 8.15. The van der Waals surface area contributed by atoms with Crippen molar-refractivity contribution in [3.05, 3.63) is 95.7 Å². The highest BCUT2D eigenvalue weighted by Gasteiger charge is 2.23. The van der Waals surface area contributed by atoms with Gasteiger partial charge in [-0.25, -0.2) is 9.97 Å². The van der Waals surface area contributed by atoms with Gasteiger partial charge in [0.15, 0.2) is 0 Å². The normalized spacial score (nSPS) is 14.2. The summed E-state index contributed by atoms with van der Waals surface area (Å²) in [6.07, 6.45) is 6.92. The quantitative estimate of drug-likeness (QED) is 0.264. The summed E-state index contributed by atoms with van der Waals surface area (Å²) in [5.74, 6) is 2.78. The number of hydrogen-bond donors (Lipinski definition) is 1. The van der Waals surface area contributed by atoms with Crippen molar-refractivity contribution in [2.75, 3.05) is 0 Å². The minimum atomic E-state index is 0.165. The Balaban J connectivity index is 1.40. The number of rotatable bonds is 4. The fourth-order valence-corrected chi connectivity index (χ4v) is 6.16. The molecular weight excluding hydrogens is 470 g/mol. The fourth-order valence-electron chi connectivity index (χ4n) is 6.16. The lowest BCUT2D eigenvalue weighted by Gasteiger charge is -2.12. The topological polar surface area (TPSA) is 60.2 Å². The van der Waals surface area contributed by atoms with E-state index in [0.717, 1.165) is 27.8 Å². The summed E-state index contributed by atoms with van der Waals surface area (Å²) in [4.78, 5) is 9.35. The number of ether oxygens (including phenoxy) is 1. The van der Waals surface area contributed by atoms with Gasteiger partial charge in [-0.3, -0.25) is 4.57 Å². The summed E-state index contributed by atoms with van der Waals surface area (Å²) in [7, 11) is 0. The molecule has 1 fully saturated rings. The molecule has 6 aromatic rings. The van der Waals surface area contributed by atoms with Gasteiger partial charge < -0.3 is 9.84 Å². The molecule has 3 heterocycles. The Hall–Kier alpha value is -4.38. The summed E-state index contributed by atoms with van der Waals surface area (Å²) in [6.45, 7) is 4.04. The van der Waals surface area contributed by atoms with Crippen LogP contribution in [0, 0.1) is 13.8 Å². The Bertz CT molecular complexity index is 1830. The largest absolute Gasteiger partial charge is 0.506 e. The molecule has 3 aromatic heterocycles. The average molecular weight is 500 g/mol. The number of pyridine rings is 2. The molecule has 7 rings (SSSR count). The molecular formula is C33H29N3O2. The third kappa shape index (κ3) is 3.61. The van der Waals surface area contributed by atoms with Crippen LogP contribution < -0.4 is 4.74 Å². The van der Waals surface area contributed by atoms with Gasteiger partial charge in [0.25, 0.3) is 0 Å². The molecule has 0 aliphatic heterocycles. The van der Waals surface area contributed by atoms with Crippen molar-refractivity contribution < 1.29 is 9.84 Å². The van der Waals surface area contributed by atoms with Crippen molar-refractivity contribution in [3.8, 4) is 23.2 Å². The number of aromatic hydroxyl groups is 1. The molecule has 3 aromatic carbocycles. The zero-order valence-electron chi connectivity index (χ0n) is 21.6. The van der Waals surface area contributed by atoms with Crippen LogP contribution in [-0.4, -0.2) is 19.6 Å². The fraction of sp³-hybridized carbons (Fsp3) is 0.212. The van der Waals surface area contributed by atoms with Crippen molar-refractivity contribution in [1.82, 2.24) is 14.5 Å². The smallest absolute Gasteiger partial charge is 0.219 e. The second-order valence-corrected chi connectivity index (χ2v) is 10.4. The van der Waals surface area contributed by atoms with Crippen LogP contribution in [0.2, 0.25) is 0 Å². The molecule has 5 nitrogen and oxygen atoms in total. The summed E-state index contributed by atoms with van der Waals surface area (Å²) in [6, 6.07) is 24.5. The van der Waals surface area contributed by atoms with Crippen LogP contribution in [0.3, 0.4) is 0 Å². The maximum Gasteiger partial charge on any atom is 0.219 e. The Kier molecular flexibility index (Phi) is 5.32. The van der Waals surface area contributed by atoms with Crippen LogP contribution in [0.15, 0.2) is 79.0 Å². The first-order chi connectivity index (χ1) is 18.6. The van der Waals surface area contributed by atoms with E-state index in [4.69, 9.17) is 9.72 Å². The lowest BCUT2D eigenvalue weighted by molar-refractivity contribution is 0.460. The first-order valence-corrected chi connectivity index (χ1v) is 13.3. The SMILES string of the molecule is Cc1cc(O)c2nc(Oc3ccc4c5c(C6CCCC6)cccc5n(-c5ccccn5)c4c3)ccc2c1C. The van der Waals surface area contributed by atoms with E-state index in [-0.39, 0.29) is 5.75 Å². The molecule has 0 bridgehead atoms. The standard InChI is InChI=1S/C33H29N3O2/c1-20-18-29(37)33-24(21(20)2)15-16-31(35-33)38-23-13-14-26-28(19-23)36(30-12-5-6-17-34-30)27-11-7-10-25(32(26)27)22-8-3-4-9-22/h5-7,10-19,22,37H,3-4,8-9H2,1-2H3. The minimum absolute atomic E-state index is 0.165. The molecule has 188 valence electrons. The van der Waals surface area contributed by atoms with Crippen molar-refractivity contribution in [1.29, 1.82) is 0 Å². The number of phenolic OH excluding ortho intramolecular Hbond substituents is 1. The van der Waals surface area contributed by atoms with Gasteiger partial charge in [-0.1, -0.05) is 31.0 Å². The van der Waals surface area contributed by atoms with Crippen LogP contribution in [0.5, 0.6) is 17.4 Å². The van der Waals surface area contributed by atoms with Crippen molar-refractivity contribution >= 4 is 32.7 Å². The molecule has 5 heteroatoms. The third-order valence-electron chi connectivity index (χ3n) is 8.15. The van der Waals surface area contributed by atoms with Gasteiger partial charge in [0.1, 0.15) is 22.8 Å². The first kappa shape index (κ1) is 22.8. The highest BCUT2D eigenvalue weighted by molar-refractivity contribution is 6.11. The van der Waals surface area contributed by atoms with Crippen LogP contribution >= 0.6 is 0 Å². The van der Waals surface area contributed by atoms with E-state index in [0.29, 0.717) is 23.1 Å². The van der Waals surface area contributed by atoms with E-state index in [9.17, 15) is 5.11 Å². The Morgan fingerprint density at radius 2 is 1.71 bits per heavy atom. The van der Waals surface area contributed by atoms with Crippen LogP contribution in [0.4, 0.5) is 0 Å². The van der Waals surface area contributed by atoms with E-state index in [1.807, 2.05) is 56.4 Å². The van der Waals surface area contributed by atoms with E-state index >= 15 is 0 Å². The van der Waals surface area contributed by atoms with Gasteiger partial charge in [-0.05, 0) is 91.8 Å². The molecule has 1 aliphatic carbocycles. The lowest BCUT2D eigenvalue weighted by atomic mass is 9.93. The Labute approximate surface area is 221 Å². The molecule has 0 unspecified atom stereocenters.